The monoisotopic (exact) mass is 456 g/mol. The van der Waals surface area contributed by atoms with Crippen LogP contribution >= 0.6 is 39.5 Å². The Morgan fingerprint density at radius 3 is 2.88 bits per heavy atom. The van der Waals surface area contributed by atoms with Gasteiger partial charge in [0, 0.05) is 32.0 Å². The van der Waals surface area contributed by atoms with Crippen molar-refractivity contribution >= 4 is 55.0 Å². The molecule has 3 heterocycles. The van der Waals surface area contributed by atoms with E-state index in [1.807, 2.05) is 0 Å². The maximum atomic E-state index is 13.4. The van der Waals surface area contributed by atoms with E-state index in [-0.39, 0.29) is 22.3 Å². The van der Waals surface area contributed by atoms with E-state index in [4.69, 9.17) is 17.0 Å². The number of aromatic amines is 2. The lowest BCUT2D eigenvalue weighted by Crippen LogP contribution is -2.38. The molecule has 2 aromatic heterocycles. The quantitative estimate of drug-likeness (QED) is 0.582. The molecule has 1 aliphatic heterocycles. The molecule has 0 radical (unpaired) electrons. The Kier molecular flexibility index (Phi) is 4.80. The summed E-state index contributed by atoms with van der Waals surface area (Å²) in [5.41, 5.74) is 0.294. The van der Waals surface area contributed by atoms with E-state index in [1.54, 1.807) is 6.07 Å². The highest BCUT2D eigenvalue weighted by Crippen LogP contribution is 2.31. The third-order valence-corrected chi connectivity index (χ3v) is 6.15. The number of hydrogen-bond acceptors (Lipinski definition) is 6. The first-order chi connectivity index (χ1) is 12.5. The summed E-state index contributed by atoms with van der Waals surface area (Å²) in [6.45, 7) is 1.49. The van der Waals surface area contributed by atoms with Crippen LogP contribution in [0.2, 0.25) is 0 Å². The van der Waals surface area contributed by atoms with Crippen LogP contribution in [-0.2, 0) is 0 Å². The van der Waals surface area contributed by atoms with Gasteiger partial charge < -0.3 is 14.6 Å². The highest BCUT2D eigenvalue weighted by molar-refractivity contribution is 9.10. The number of piperidine rings is 1. The van der Waals surface area contributed by atoms with Gasteiger partial charge in [0.15, 0.2) is 15.5 Å². The average molecular weight is 457 g/mol. The zero-order valence-corrected chi connectivity index (χ0v) is 16.6. The minimum absolute atomic E-state index is 0.00735. The molecule has 6 nitrogen and oxygen atoms in total. The Bertz CT molecular complexity index is 1070. The highest BCUT2D eigenvalue weighted by atomic mass is 79.9. The summed E-state index contributed by atoms with van der Waals surface area (Å²) in [7, 11) is 0. The number of halogens is 2. The predicted octanol–water partition coefficient (Wildman–Crippen LogP) is 3.99. The second-order valence-corrected chi connectivity index (χ2v) is 8.20. The van der Waals surface area contributed by atoms with Crippen LogP contribution in [0.15, 0.2) is 27.5 Å². The number of fused-ring (bicyclic) bond motifs is 1. The first-order valence-corrected chi connectivity index (χ1v) is 10.0. The van der Waals surface area contributed by atoms with E-state index in [9.17, 15) is 9.18 Å². The number of H-pyrrole nitrogens is 2. The van der Waals surface area contributed by atoms with E-state index >= 15 is 0 Å². The summed E-state index contributed by atoms with van der Waals surface area (Å²) >= 11 is 9.71. The molecule has 1 saturated heterocycles. The van der Waals surface area contributed by atoms with Gasteiger partial charge in [0.2, 0.25) is 0 Å². The summed E-state index contributed by atoms with van der Waals surface area (Å²) in [6, 6.07) is 4.42. The largest absolute Gasteiger partial charge is 0.489 e. The number of thiazole rings is 1. The molecule has 1 aromatic carbocycles. The Hall–Kier alpha value is -1.78. The molecule has 0 unspecified atom stereocenters. The molecule has 26 heavy (non-hydrogen) atoms. The molecule has 0 amide bonds. The molecule has 1 aliphatic rings. The van der Waals surface area contributed by atoms with Gasteiger partial charge in [-0.25, -0.2) is 9.37 Å². The Labute approximate surface area is 165 Å². The van der Waals surface area contributed by atoms with E-state index in [0.717, 1.165) is 35.5 Å². The number of nitrogens with one attached hydrogen (secondary N) is 2. The van der Waals surface area contributed by atoms with Crippen LogP contribution in [0.25, 0.3) is 10.3 Å². The molecule has 2 N–H and O–H groups in total. The average Bonchev–Trinajstić information content (AvgIpc) is 3.03. The summed E-state index contributed by atoms with van der Waals surface area (Å²) < 4.78 is 20.9. The fourth-order valence-electron chi connectivity index (χ4n) is 2.89. The standard InChI is InChI=1S/C16H14BrFN4O2S2/c17-10-2-1-8(18)7-11(10)24-9-3-5-22(6-4-9)16-20-13-12(26-16)14(23)21-15(25)19-13/h1-2,7,9H,3-6H2,(H2,19,21,23,25). The number of hydrogen-bond donors (Lipinski definition) is 2. The van der Waals surface area contributed by atoms with Crippen molar-refractivity contribution in [1.29, 1.82) is 0 Å². The number of benzene rings is 1. The molecule has 0 bridgehead atoms. The third-order valence-electron chi connectivity index (χ3n) is 4.18. The minimum atomic E-state index is -0.322. The Morgan fingerprint density at radius 1 is 1.35 bits per heavy atom. The van der Waals surface area contributed by atoms with Crippen LogP contribution in [0.4, 0.5) is 9.52 Å². The van der Waals surface area contributed by atoms with Crippen molar-refractivity contribution in [2.24, 2.45) is 0 Å². The lowest BCUT2D eigenvalue weighted by molar-refractivity contribution is 0.169. The lowest BCUT2D eigenvalue weighted by atomic mass is 10.1. The molecule has 0 aliphatic carbocycles. The number of ether oxygens (including phenoxy) is 1. The molecule has 0 saturated carbocycles. The molecule has 4 rings (SSSR count). The molecule has 1 fully saturated rings. The van der Waals surface area contributed by atoms with Gasteiger partial charge in [0.25, 0.3) is 5.56 Å². The number of anilines is 1. The van der Waals surface area contributed by atoms with E-state index < -0.39 is 0 Å². The first-order valence-electron chi connectivity index (χ1n) is 7.99. The Balaban J connectivity index is 1.47. The number of rotatable bonds is 3. The highest BCUT2D eigenvalue weighted by Gasteiger charge is 2.24. The van der Waals surface area contributed by atoms with Gasteiger partial charge in [-0.3, -0.25) is 9.78 Å². The minimum Gasteiger partial charge on any atom is -0.489 e. The van der Waals surface area contributed by atoms with Crippen LogP contribution in [0.3, 0.4) is 0 Å². The van der Waals surface area contributed by atoms with E-state index in [1.165, 1.54) is 23.5 Å². The fourth-order valence-corrected chi connectivity index (χ4v) is 4.39. The van der Waals surface area contributed by atoms with E-state index in [0.29, 0.717) is 16.1 Å². The second-order valence-electron chi connectivity index (χ2n) is 5.96. The van der Waals surface area contributed by atoms with Crippen LogP contribution in [0.5, 0.6) is 5.75 Å². The van der Waals surface area contributed by atoms with Crippen molar-refractivity contribution < 1.29 is 9.13 Å². The van der Waals surface area contributed by atoms with Gasteiger partial charge in [-0.2, -0.15) is 0 Å². The molecule has 0 atom stereocenters. The number of aromatic nitrogens is 3. The fraction of sp³-hybridized carbons (Fsp3) is 0.312. The molecular formula is C16H14BrFN4O2S2. The van der Waals surface area contributed by atoms with Crippen molar-refractivity contribution in [2.45, 2.75) is 18.9 Å². The predicted molar refractivity (Wildman–Crippen MR) is 105 cm³/mol. The first kappa shape index (κ1) is 17.6. The van der Waals surface area contributed by atoms with Gasteiger partial charge in [0.05, 0.1) is 4.47 Å². The molecule has 10 heteroatoms. The maximum Gasteiger partial charge on any atom is 0.271 e. The third kappa shape index (κ3) is 3.53. The smallest absolute Gasteiger partial charge is 0.271 e. The zero-order chi connectivity index (χ0) is 18.3. The normalized spacial score (nSPS) is 15.5. The summed E-state index contributed by atoms with van der Waals surface area (Å²) in [6.07, 6.45) is 1.57. The number of nitrogens with zero attached hydrogens (tertiary/aromatic N) is 2. The van der Waals surface area contributed by atoms with Gasteiger partial charge in [-0.1, -0.05) is 11.3 Å². The molecule has 3 aromatic rings. The van der Waals surface area contributed by atoms with Crippen molar-refractivity contribution in [3.8, 4) is 5.75 Å². The van der Waals surface area contributed by atoms with Crippen molar-refractivity contribution in [3.05, 3.63) is 43.6 Å². The van der Waals surface area contributed by atoms with Crippen LogP contribution in [0, 0.1) is 10.6 Å². The van der Waals surface area contributed by atoms with Gasteiger partial charge in [-0.15, -0.1) is 0 Å². The lowest BCUT2D eigenvalue weighted by Gasteiger charge is -2.32. The Morgan fingerprint density at radius 2 is 2.12 bits per heavy atom. The van der Waals surface area contributed by atoms with Crippen molar-refractivity contribution in [1.82, 2.24) is 15.0 Å². The summed E-state index contributed by atoms with van der Waals surface area (Å²) in [5, 5.41) is 0.785. The molecule has 0 spiro atoms. The van der Waals surface area contributed by atoms with Crippen LogP contribution in [0.1, 0.15) is 12.8 Å². The molecule has 136 valence electrons. The summed E-state index contributed by atoms with van der Waals surface area (Å²) in [4.78, 5) is 24.1. The second kappa shape index (κ2) is 7.09. The maximum absolute atomic E-state index is 13.4. The van der Waals surface area contributed by atoms with E-state index in [2.05, 4.69) is 35.8 Å². The van der Waals surface area contributed by atoms with Gasteiger partial charge >= 0.3 is 0 Å². The SMILES string of the molecule is O=c1[nH]c(=S)[nH]c2nc(N3CCC(Oc4cc(F)ccc4Br)CC3)sc12. The van der Waals surface area contributed by atoms with Crippen LogP contribution in [-0.4, -0.2) is 34.1 Å². The molecular weight excluding hydrogens is 443 g/mol. The van der Waals surface area contributed by atoms with Crippen molar-refractivity contribution in [3.63, 3.8) is 0 Å². The topological polar surface area (TPSA) is 74.0 Å². The van der Waals surface area contributed by atoms with Crippen LogP contribution < -0.4 is 15.2 Å². The van der Waals surface area contributed by atoms with Gasteiger partial charge in [0.1, 0.15) is 22.4 Å². The zero-order valence-electron chi connectivity index (χ0n) is 13.4. The summed E-state index contributed by atoms with van der Waals surface area (Å²) in [5.74, 6) is 0.195. The van der Waals surface area contributed by atoms with Crippen molar-refractivity contribution in [2.75, 3.05) is 18.0 Å². The van der Waals surface area contributed by atoms with Gasteiger partial charge in [-0.05, 0) is 40.3 Å².